The molecule has 0 aromatic heterocycles. The monoisotopic (exact) mass is 309 g/mol. The average Bonchev–Trinajstić information content (AvgIpc) is 2.31. The summed E-state index contributed by atoms with van der Waals surface area (Å²) in [5.41, 5.74) is -0.768. The van der Waals surface area contributed by atoms with Crippen LogP contribution in [0, 0.1) is 5.41 Å². The second-order valence-corrected chi connectivity index (χ2v) is 5.27. The molecule has 1 atom stereocenters. The fourth-order valence-electron chi connectivity index (χ4n) is 2.12. The van der Waals surface area contributed by atoms with Gasteiger partial charge in [0.15, 0.2) is 0 Å². The Bertz CT molecular complexity index is 503. The molecule has 1 saturated heterocycles. The number of carbonyl (C=O) groups is 1. The van der Waals surface area contributed by atoms with Crippen molar-refractivity contribution in [1.29, 1.82) is 0 Å². The van der Waals surface area contributed by atoms with Crippen LogP contribution in [0.25, 0.3) is 0 Å². The molecule has 0 saturated carbocycles. The minimum absolute atomic E-state index is 0. The van der Waals surface area contributed by atoms with Crippen LogP contribution in [0.15, 0.2) is 24.3 Å². The normalized spacial score (nSPS) is 21.4. The van der Waals surface area contributed by atoms with Crippen molar-refractivity contribution in [1.82, 2.24) is 5.32 Å². The van der Waals surface area contributed by atoms with Gasteiger partial charge in [0.05, 0.1) is 11.6 Å². The molecule has 1 fully saturated rings. The largest absolute Gasteiger partial charge is 0.449 e. The van der Waals surface area contributed by atoms with Crippen molar-refractivity contribution in [2.45, 2.75) is 26.1 Å². The van der Waals surface area contributed by atoms with E-state index in [0.29, 0.717) is 5.56 Å². The van der Waals surface area contributed by atoms with E-state index in [0.717, 1.165) is 12.1 Å². The molecule has 1 heterocycles. The molecular weight excluding hydrogens is 295 g/mol. The highest BCUT2D eigenvalue weighted by atomic mass is 35.5. The Hall–Kier alpha value is -1.43. The van der Waals surface area contributed by atoms with Crippen LogP contribution in [0.4, 0.5) is 18.0 Å². The van der Waals surface area contributed by atoms with Gasteiger partial charge < -0.3 is 10.1 Å². The first-order valence-corrected chi connectivity index (χ1v) is 5.80. The van der Waals surface area contributed by atoms with Crippen molar-refractivity contribution in [3.8, 4) is 0 Å². The SMILES string of the molecule is CC1(C)COC(=O)N[C@@H]1c1cccc(C(F)(F)F)c1.Cl. The van der Waals surface area contributed by atoms with E-state index < -0.39 is 29.3 Å². The number of benzene rings is 1. The summed E-state index contributed by atoms with van der Waals surface area (Å²) < 4.78 is 42.9. The van der Waals surface area contributed by atoms with E-state index in [1.54, 1.807) is 6.07 Å². The second-order valence-electron chi connectivity index (χ2n) is 5.27. The Labute approximate surface area is 120 Å². The first kappa shape index (κ1) is 16.6. The van der Waals surface area contributed by atoms with Crippen LogP contribution in [-0.4, -0.2) is 12.7 Å². The fourth-order valence-corrected chi connectivity index (χ4v) is 2.12. The van der Waals surface area contributed by atoms with Gasteiger partial charge in [0.1, 0.15) is 6.61 Å². The molecule has 1 aliphatic rings. The maximum atomic E-state index is 12.7. The smallest absolute Gasteiger partial charge is 0.416 e. The van der Waals surface area contributed by atoms with Crippen molar-refractivity contribution in [3.05, 3.63) is 35.4 Å². The lowest BCUT2D eigenvalue weighted by atomic mass is 9.80. The third kappa shape index (κ3) is 3.36. The number of cyclic esters (lactones) is 1. The second kappa shape index (κ2) is 5.52. The van der Waals surface area contributed by atoms with E-state index in [-0.39, 0.29) is 19.0 Å². The number of halogens is 4. The van der Waals surface area contributed by atoms with Crippen molar-refractivity contribution < 1.29 is 22.7 Å². The lowest BCUT2D eigenvalue weighted by Crippen LogP contribution is -2.46. The van der Waals surface area contributed by atoms with Crippen LogP contribution in [0.2, 0.25) is 0 Å². The van der Waals surface area contributed by atoms with Gasteiger partial charge in [0, 0.05) is 5.41 Å². The Balaban J connectivity index is 0.00000200. The van der Waals surface area contributed by atoms with E-state index in [1.165, 1.54) is 6.07 Å². The van der Waals surface area contributed by atoms with Gasteiger partial charge in [-0.25, -0.2) is 4.79 Å². The minimum Gasteiger partial charge on any atom is -0.449 e. The number of ether oxygens (including phenoxy) is 1. The van der Waals surface area contributed by atoms with Gasteiger partial charge in [0.2, 0.25) is 0 Å². The summed E-state index contributed by atoms with van der Waals surface area (Å²) in [6.45, 7) is 3.83. The zero-order chi connectivity index (χ0) is 14.3. The van der Waals surface area contributed by atoms with Gasteiger partial charge in [-0.3, -0.25) is 0 Å². The van der Waals surface area contributed by atoms with Crippen LogP contribution in [0.5, 0.6) is 0 Å². The fraction of sp³-hybridized carbons (Fsp3) is 0.462. The quantitative estimate of drug-likeness (QED) is 0.853. The molecule has 0 bridgehead atoms. The summed E-state index contributed by atoms with van der Waals surface area (Å²) in [5.74, 6) is 0. The summed E-state index contributed by atoms with van der Waals surface area (Å²) >= 11 is 0. The minimum atomic E-state index is -4.39. The molecule has 3 nitrogen and oxygen atoms in total. The van der Waals surface area contributed by atoms with Crippen molar-refractivity contribution in [3.63, 3.8) is 0 Å². The van der Waals surface area contributed by atoms with Gasteiger partial charge in [-0.05, 0) is 17.7 Å². The summed E-state index contributed by atoms with van der Waals surface area (Å²) in [5, 5.41) is 2.57. The van der Waals surface area contributed by atoms with Crippen molar-refractivity contribution in [2.24, 2.45) is 5.41 Å². The Morgan fingerprint density at radius 3 is 2.60 bits per heavy atom. The van der Waals surface area contributed by atoms with Crippen LogP contribution in [0.3, 0.4) is 0 Å². The highest BCUT2D eigenvalue weighted by molar-refractivity contribution is 5.85. The average molecular weight is 310 g/mol. The molecule has 1 amide bonds. The molecule has 0 unspecified atom stereocenters. The Morgan fingerprint density at radius 1 is 1.35 bits per heavy atom. The standard InChI is InChI=1S/C13H14F3NO2.ClH/c1-12(2)7-19-11(18)17-10(12)8-4-3-5-9(6-8)13(14,15)16;/h3-6,10H,7H2,1-2H3,(H,17,18);1H/t10-;/m1./s1. The summed E-state index contributed by atoms with van der Waals surface area (Å²) in [6.07, 6.45) is -5.00. The highest BCUT2D eigenvalue weighted by Gasteiger charge is 2.39. The number of amides is 1. The molecule has 7 heteroatoms. The maximum Gasteiger partial charge on any atom is 0.416 e. The molecule has 0 aliphatic carbocycles. The van der Waals surface area contributed by atoms with Crippen molar-refractivity contribution in [2.75, 3.05) is 6.61 Å². The van der Waals surface area contributed by atoms with Gasteiger partial charge in [-0.2, -0.15) is 13.2 Å². The number of alkyl carbamates (subject to hydrolysis) is 1. The van der Waals surface area contributed by atoms with E-state index >= 15 is 0 Å². The summed E-state index contributed by atoms with van der Waals surface area (Å²) in [4.78, 5) is 11.3. The third-order valence-electron chi connectivity index (χ3n) is 3.17. The number of rotatable bonds is 1. The molecule has 1 aromatic rings. The van der Waals surface area contributed by atoms with Gasteiger partial charge in [0.25, 0.3) is 0 Å². The molecular formula is C13H15ClF3NO2. The lowest BCUT2D eigenvalue weighted by Gasteiger charge is -2.38. The maximum absolute atomic E-state index is 12.7. The van der Waals surface area contributed by atoms with Crippen LogP contribution in [-0.2, 0) is 10.9 Å². The molecule has 2 rings (SSSR count). The first-order valence-electron chi connectivity index (χ1n) is 5.80. The third-order valence-corrected chi connectivity index (χ3v) is 3.17. The molecule has 112 valence electrons. The number of carbonyl (C=O) groups excluding carboxylic acids is 1. The summed E-state index contributed by atoms with van der Waals surface area (Å²) in [6, 6.07) is 4.50. The zero-order valence-electron chi connectivity index (χ0n) is 11.0. The molecule has 20 heavy (non-hydrogen) atoms. The predicted octanol–water partition coefficient (Wildman–Crippen LogP) is 3.93. The van der Waals surface area contributed by atoms with Crippen LogP contribution >= 0.6 is 12.4 Å². The Morgan fingerprint density at radius 2 is 2.00 bits per heavy atom. The number of hydrogen-bond acceptors (Lipinski definition) is 2. The first-order chi connectivity index (χ1) is 8.70. The number of hydrogen-bond donors (Lipinski definition) is 1. The van der Waals surface area contributed by atoms with E-state index in [1.807, 2.05) is 13.8 Å². The van der Waals surface area contributed by atoms with Crippen LogP contribution < -0.4 is 5.32 Å². The van der Waals surface area contributed by atoms with E-state index in [9.17, 15) is 18.0 Å². The highest BCUT2D eigenvalue weighted by Crippen LogP contribution is 2.38. The zero-order valence-corrected chi connectivity index (χ0v) is 11.8. The molecule has 1 N–H and O–H groups in total. The van der Waals surface area contributed by atoms with Crippen LogP contribution in [0.1, 0.15) is 31.0 Å². The van der Waals surface area contributed by atoms with E-state index in [2.05, 4.69) is 5.32 Å². The topological polar surface area (TPSA) is 38.3 Å². The molecule has 0 radical (unpaired) electrons. The molecule has 1 aromatic carbocycles. The lowest BCUT2D eigenvalue weighted by molar-refractivity contribution is -0.137. The van der Waals surface area contributed by atoms with E-state index in [4.69, 9.17) is 4.74 Å². The molecule has 1 aliphatic heterocycles. The van der Waals surface area contributed by atoms with Gasteiger partial charge in [-0.1, -0.05) is 26.0 Å². The number of alkyl halides is 3. The Kier molecular flexibility index (Phi) is 4.59. The van der Waals surface area contributed by atoms with Gasteiger partial charge >= 0.3 is 12.3 Å². The predicted molar refractivity (Wildman–Crippen MR) is 69.7 cm³/mol. The summed E-state index contributed by atoms with van der Waals surface area (Å²) in [7, 11) is 0. The molecule has 0 spiro atoms. The van der Waals surface area contributed by atoms with Gasteiger partial charge in [-0.15, -0.1) is 12.4 Å². The van der Waals surface area contributed by atoms with Crippen molar-refractivity contribution >= 4 is 18.5 Å². The number of nitrogens with one attached hydrogen (secondary N) is 1.